The van der Waals surface area contributed by atoms with E-state index in [-0.39, 0.29) is 74.2 Å². The van der Waals surface area contributed by atoms with Crippen molar-refractivity contribution in [3.63, 3.8) is 0 Å². The molecule has 0 aliphatic heterocycles. The summed E-state index contributed by atoms with van der Waals surface area (Å²) in [5.41, 5.74) is 33.6. The van der Waals surface area contributed by atoms with Gasteiger partial charge in [0.25, 0.3) is 11.8 Å². The van der Waals surface area contributed by atoms with E-state index < -0.39 is 52.0 Å². The maximum atomic E-state index is 13.7. The summed E-state index contributed by atoms with van der Waals surface area (Å²) in [6.45, 7) is 22.5. The Morgan fingerprint density at radius 3 is 1.21 bits per heavy atom. The van der Waals surface area contributed by atoms with Crippen molar-refractivity contribution in [2.75, 3.05) is 165 Å². The SMILES string of the molecule is CN(Cc1cnc2nc(N)nc(N)c2n1)c1ccc(C(=O)N[C@@H](CCC(=O)NCCCCCN(CCCCCNC(=O)CC[C@H](NC(=O)c2ccc(N(C)Cc3cnc4nc(N)nc(N)c4n3)cc2)C(=O)OCC[Si](C)(C)C)CCOCCOCCOCCOCCOCCN)C(=O)OCC[Si](C)(C)C)cc1. The van der Waals surface area contributed by atoms with Crippen LogP contribution in [0.15, 0.2) is 60.9 Å². The average Bonchev–Trinajstić information content (AvgIpc) is 0.814. The number of nitrogen functional groups attached to an aromatic ring is 4. The first-order valence-electron chi connectivity index (χ1n) is 36.7. The monoisotopic (exact) mass is 1520 g/mol. The molecule has 0 radical (unpaired) electrons. The molecule has 588 valence electrons. The quantitative estimate of drug-likeness (QED) is 0.0139. The van der Waals surface area contributed by atoms with Crippen LogP contribution >= 0.6 is 0 Å². The second-order valence-corrected chi connectivity index (χ2v) is 39.6. The standard InChI is InChI=1S/C72H114N20O13Si2/c1-90(49-53-47-80-65-61(82-53)63(74)86-71(76)88-65)55-19-15-51(16-20-55)67(95)84-57(69(97)104-43-45-106(3,4)5)23-25-59(93)78-28-11-9-13-30-92(32-34-100-36-38-102-40-42-103-41-39-101-37-35-99-33-27-73)31-14-10-12-29-79-60(94)26-24-58(70(98)105-44-46-107(6,7)8)85-68(96)52-17-21-56(22-18-52)91(2)50-54-48-81-66-62(83-54)64(75)87-72(77)89-66/h15-22,47-48,57-58H,9-14,23-46,49-50,73H2,1-8H3,(H,78,93)(H,79,94)(H,84,95)(H,85,96)(H4,74,76,80,86,88)(H4,75,77,81,87,89)/t57-,58-/m0/s1. The van der Waals surface area contributed by atoms with Crippen molar-refractivity contribution in [1.82, 2.24) is 66.0 Å². The van der Waals surface area contributed by atoms with Gasteiger partial charge in [-0.1, -0.05) is 52.1 Å². The fraction of sp³-hybridized carbons (Fsp3) is 0.583. The maximum Gasteiger partial charge on any atom is 0.328 e. The molecule has 6 aromatic rings. The third-order valence-electron chi connectivity index (χ3n) is 16.9. The van der Waals surface area contributed by atoms with Crippen LogP contribution in [0.2, 0.25) is 51.4 Å². The molecule has 0 unspecified atom stereocenters. The Balaban J connectivity index is 0.937. The van der Waals surface area contributed by atoms with E-state index in [0.717, 1.165) is 75.1 Å². The van der Waals surface area contributed by atoms with Gasteiger partial charge in [0.1, 0.15) is 12.1 Å². The largest absolute Gasteiger partial charge is 0.464 e. The van der Waals surface area contributed by atoms with E-state index in [1.54, 1.807) is 60.9 Å². The lowest BCUT2D eigenvalue weighted by Crippen LogP contribution is -2.43. The maximum absolute atomic E-state index is 13.7. The summed E-state index contributed by atoms with van der Waals surface area (Å²) in [4.78, 5) is 121. The first-order valence-corrected chi connectivity index (χ1v) is 44.2. The third kappa shape index (κ3) is 33.8. The fourth-order valence-corrected chi connectivity index (χ4v) is 12.1. The molecule has 35 heteroatoms. The van der Waals surface area contributed by atoms with Crippen molar-refractivity contribution in [2.45, 2.75) is 141 Å². The van der Waals surface area contributed by atoms with Gasteiger partial charge in [0.2, 0.25) is 23.7 Å². The lowest BCUT2D eigenvalue weighted by molar-refractivity contribution is -0.146. The summed E-state index contributed by atoms with van der Waals surface area (Å²) in [7, 11) is 0.631. The Hall–Kier alpha value is -8.95. The van der Waals surface area contributed by atoms with Crippen LogP contribution in [0.3, 0.4) is 0 Å². The van der Waals surface area contributed by atoms with Gasteiger partial charge in [0.15, 0.2) is 34.0 Å². The Morgan fingerprint density at radius 1 is 0.458 bits per heavy atom. The Kier molecular flexibility index (Phi) is 37.6. The van der Waals surface area contributed by atoms with Crippen LogP contribution in [0.1, 0.15) is 96.3 Å². The number of nitrogens with two attached hydrogens (primary N) is 5. The summed E-state index contributed by atoms with van der Waals surface area (Å²) in [6, 6.07) is 13.2. The van der Waals surface area contributed by atoms with Gasteiger partial charge in [-0.25, -0.2) is 29.5 Å². The van der Waals surface area contributed by atoms with Crippen molar-refractivity contribution in [3.05, 3.63) is 83.4 Å². The molecule has 4 heterocycles. The molecule has 0 fully saturated rings. The van der Waals surface area contributed by atoms with E-state index in [0.29, 0.717) is 150 Å². The van der Waals surface area contributed by atoms with E-state index in [1.807, 2.05) is 23.9 Å². The number of hydrogen-bond acceptors (Lipinski definition) is 29. The van der Waals surface area contributed by atoms with Gasteiger partial charge in [0, 0.05) is 91.8 Å². The zero-order valence-electron chi connectivity index (χ0n) is 63.7. The summed E-state index contributed by atoms with van der Waals surface area (Å²) in [5.74, 6) is -2.37. The minimum atomic E-state index is -1.55. The molecule has 4 aromatic heterocycles. The molecule has 2 aromatic carbocycles. The number of benzene rings is 2. The van der Waals surface area contributed by atoms with E-state index in [2.05, 4.69) is 105 Å². The predicted octanol–water partition coefficient (Wildman–Crippen LogP) is 4.89. The molecular formula is C72H114N20O13Si2. The number of rotatable bonds is 53. The molecular weight excluding hydrogens is 1410 g/mol. The molecule has 0 aliphatic carbocycles. The number of unbranched alkanes of at least 4 members (excludes halogenated alkanes) is 4. The summed E-state index contributed by atoms with van der Waals surface area (Å²) in [6.07, 6.45) is 8.10. The molecule has 0 saturated heterocycles. The molecule has 2 atom stereocenters. The highest BCUT2D eigenvalue weighted by atomic mass is 28.3. The van der Waals surface area contributed by atoms with Gasteiger partial charge in [-0.3, -0.25) is 19.2 Å². The highest BCUT2D eigenvalue weighted by Gasteiger charge is 2.28. The van der Waals surface area contributed by atoms with Crippen molar-refractivity contribution >= 4 is 109 Å². The highest BCUT2D eigenvalue weighted by Crippen LogP contribution is 2.23. The van der Waals surface area contributed by atoms with Crippen molar-refractivity contribution in [1.29, 1.82) is 0 Å². The van der Waals surface area contributed by atoms with Crippen molar-refractivity contribution in [2.24, 2.45) is 5.73 Å². The van der Waals surface area contributed by atoms with Crippen molar-refractivity contribution < 1.29 is 61.9 Å². The highest BCUT2D eigenvalue weighted by molar-refractivity contribution is 6.76. The van der Waals surface area contributed by atoms with Crippen LogP contribution in [0.5, 0.6) is 0 Å². The van der Waals surface area contributed by atoms with Crippen LogP contribution in [0, 0.1) is 0 Å². The molecule has 0 spiro atoms. The lowest BCUT2D eigenvalue weighted by Gasteiger charge is -2.22. The molecule has 33 nitrogen and oxygen atoms in total. The third-order valence-corrected chi connectivity index (χ3v) is 20.3. The van der Waals surface area contributed by atoms with E-state index in [4.69, 9.17) is 61.8 Å². The predicted molar refractivity (Wildman–Crippen MR) is 418 cm³/mol. The molecule has 0 saturated carbocycles. The minimum Gasteiger partial charge on any atom is -0.464 e. The van der Waals surface area contributed by atoms with Gasteiger partial charge in [-0.2, -0.15) is 19.9 Å². The topological polar surface area (TPSA) is 458 Å². The van der Waals surface area contributed by atoms with Crippen molar-refractivity contribution in [3.8, 4) is 0 Å². The first-order chi connectivity index (χ1) is 51.2. The smallest absolute Gasteiger partial charge is 0.328 e. The second kappa shape index (κ2) is 46.3. The number of nitrogens with zero attached hydrogens (tertiary/aromatic N) is 11. The fourth-order valence-electron chi connectivity index (χ4n) is 10.7. The molecule has 6 rings (SSSR count). The summed E-state index contributed by atoms with van der Waals surface area (Å²) < 4.78 is 39.4. The van der Waals surface area contributed by atoms with E-state index in [9.17, 15) is 28.8 Å². The summed E-state index contributed by atoms with van der Waals surface area (Å²) >= 11 is 0. The number of esters is 2. The van der Waals surface area contributed by atoms with Crippen LogP contribution in [-0.4, -0.2) is 241 Å². The van der Waals surface area contributed by atoms with Gasteiger partial charge in [0.05, 0.1) is 116 Å². The number of carbonyl (C=O) groups is 6. The lowest BCUT2D eigenvalue weighted by atomic mass is 10.1. The molecule has 14 N–H and O–H groups in total. The second-order valence-electron chi connectivity index (χ2n) is 28.4. The number of hydrogen-bond donors (Lipinski definition) is 9. The van der Waals surface area contributed by atoms with Crippen LogP contribution in [0.25, 0.3) is 22.3 Å². The Bertz CT molecular complexity index is 3510. The Labute approximate surface area is 629 Å². The van der Waals surface area contributed by atoms with E-state index in [1.165, 1.54) is 0 Å². The number of fused-ring (bicyclic) bond motifs is 2. The number of nitrogens with one attached hydrogen (secondary N) is 4. The number of anilines is 6. The molecule has 0 bridgehead atoms. The molecule has 107 heavy (non-hydrogen) atoms. The minimum absolute atomic E-state index is 0.00758. The van der Waals surface area contributed by atoms with Gasteiger partial charge in [-0.05, 0) is 112 Å². The normalized spacial score (nSPS) is 12.2. The van der Waals surface area contributed by atoms with Gasteiger partial charge < -0.3 is 97.8 Å². The molecule has 0 aliphatic rings. The Morgan fingerprint density at radius 2 is 0.832 bits per heavy atom. The average molecular weight is 1520 g/mol. The number of carbonyl (C=O) groups excluding carboxylic acids is 6. The molecule has 4 amide bonds. The number of aromatic nitrogens is 8. The van der Waals surface area contributed by atoms with Crippen LogP contribution in [-0.2, 0) is 65.4 Å². The van der Waals surface area contributed by atoms with Crippen LogP contribution in [0.4, 0.5) is 34.9 Å². The number of ether oxygens (including phenoxy) is 7. The first kappa shape index (κ1) is 87.0. The van der Waals surface area contributed by atoms with Crippen LogP contribution < -0.4 is 59.7 Å². The number of amides is 4. The zero-order chi connectivity index (χ0) is 77.6. The van der Waals surface area contributed by atoms with Gasteiger partial charge in [-0.15, -0.1) is 0 Å². The zero-order valence-corrected chi connectivity index (χ0v) is 65.7. The summed E-state index contributed by atoms with van der Waals surface area (Å²) in [5, 5.41) is 11.6. The van der Waals surface area contributed by atoms with Gasteiger partial charge >= 0.3 is 11.9 Å². The van der Waals surface area contributed by atoms with E-state index >= 15 is 0 Å².